The Labute approximate surface area is 149 Å². The van der Waals surface area contributed by atoms with Crippen molar-refractivity contribution >= 4 is 16.7 Å². The highest BCUT2D eigenvalue weighted by Crippen LogP contribution is 2.27. The Hall–Kier alpha value is -2.68. The first-order valence-corrected chi connectivity index (χ1v) is 8.94. The lowest BCUT2D eigenvalue weighted by molar-refractivity contribution is -0.130. The number of aryl methyl sites for hydroxylation is 1. The van der Waals surface area contributed by atoms with Crippen molar-refractivity contribution in [2.24, 2.45) is 0 Å². The molecule has 0 aliphatic carbocycles. The zero-order valence-corrected chi connectivity index (χ0v) is 14.9. The second-order valence-electron chi connectivity index (χ2n) is 6.12. The summed E-state index contributed by atoms with van der Waals surface area (Å²) in [7, 11) is 0. The number of benzene rings is 2. The van der Waals surface area contributed by atoms with E-state index in [1.54, 1.807) is 0 Å². The van der Waals surface area contributed by atoms with E-state index < -0.39 is 0 Å². The normalized spacial score (nSPS) is 10.8. The minimum absolute atomic E-state index is 0.196. The Morgan fingerprint density at radius 2 is 1.64 bits per heavy atom. The van der Waals surface area contributed by atoms with Crippen molar-refractivity contribution < 1.29 is 4.79 Å². The van der Waals surface area contributed by atoms with Gasteiger partial charge < -0.3 is 4.90 Å². The number of pyridine rings is 1. The molecule has 128 valence electrons. The monoisotopic (exact) mass is 332 g/mol. The van der Waals surface area contributed by atoms with Crippen LogP contribution in [0.5, 0.6) is 0 Å². The van der Waals surface area contributed by atoms with E-state index in [0.29, 0.717) is 12.8 Å². The molecule has 3 aromatic rings. The summed E-state index contributed by atoms with van der Waals surface area (Å²) >= 11 is 0. The first-order chi connectivity index (χ1) is 12.2. The third-order valence-electron chi connectivity index (χ3n) is 4.55. The van der Waals surface area contributed by atoms with E-state index in [0.717, 1.165) is 35.4 Å². The van der Waals surface area contributed by atoms with Gasteiger partial charge in [-0.1, -0.05) is 54.6 Å². The zero-order valence-electron chi connectivity index (χ0n) is 14.9. The van der Waals surface area contributed by atoms with Crippen LogP contribution < -0.4 is 0 Å². The van der Waals surface area contributed by atoms with Gasteiger partial charge >= 0.3 is 0 Å². The van der Waals surface area contributed by atoms with Crippen LogP contribution in [0.4, 0.5) is 0 Å². The Bertz CT molecular complexity index is 854. The quantitative estimate of drug-likeness (QED) is 0.655. The van der Waals surface area contributed by atoms with Crippen molar-refractivity contribution in [2.75, 3.05) is 13.1 Å². The molecular formula is C22H24N2O. The minimum Gasteiger partial charge on any atom is -0.343 e. The molecule has 3 rings (SSSR count). The first kappa shape index (κ1) is 17.2. The standard InChI is InChI=1S/C22H24N2O/c1-3-24(4-2)21(25)15-14-19-16-18-12-8-9-13-20(18)22(23-19)17-10-6-5-7-11-17/h5-13,16H,3-4,14-15H2,1-2H3. The summed E-state index contributed by atoms with van der Waals surface area (Å²) in [6, 6.07) is 20.6. The Morgan fingerprint density at radius 1 is 0.960 bits per heavy atom. The van der Waals surface area contributed by atoms with Gasteiger partial charge in [0.25, 0.3) is 0 Å². The summed E-state index contributed by atoms with van der Waals surface area (Å²) in [5.41, 5.74) is 3.07. The summed E-state index contributed by atoms with van der Waals surface area (Å²) in [6.45, 7) is 5.55. The number of nitrogens with zero attached hydrogens (tertiary/aromatic N) is 2. The molecule has 0 saturated heterocycles. The molecule has 0 bridgehead atoms. The number of carbonyl (C=O) groups is 1. The fourth-order valence-corrected chi connectivity index (χ4v) is 3.17. The molecule has 2 aromatic carbocycles. The second-order valence-corrected chi connectivity index (χ2v) is 6.12. The fourth-order valence-electron chi connectivity index (χ4n) is 3.17. The van der Waals surface area contributed by atoms with Gasteiger partial charge in [0.05, 0.1) is 5.69 Å². The molecule has 0 aliphatic heterocycles. The van der Waals surface area contributed by atoms with Crippen molar-refractivity contribution in [3.63, 3.8) is 0 Å². The summed E-state index contributed by atoms with van der Waals surface area (Å²) in [4.78, 5) is 19.1. The van der Waals surface area contributed by atoms with Crippen LogP contribution in [0.2, 0.25) is 0 Å². The molecule has 0 radical (unpaired) electrons. The number of fused-ring (bicyclic) bond motifs is 1. The molecule has 3 nitrogen and oxygen atoms in total. The van der Waals surface area contributed by atoms with E-state index in [-0.39, 0.29) is 5.91 Å². The summed E-state index contributed by atoms with van der Waals surface area (Å²) in [5.74, 6) is 0.196. The molecule has 1 aromatic heterocycles. The summed E-state index contributed by atoms with van der Waals surface area (Å²) < 4.78 is 0. The first-order valence-electron chi connectivity index (χ1n) is 8.94. The SMILES string of the molecule is CCN(CC)C(=O)CCc1cc2ccccc2c(-c2ccccc2)n1. The van der Waals surface area contributed by atoms with E-state index in [9.17, 15) is 4.79 Å². The minimum atomic E-state index is 0.196. The largest absolute Gasteiger partial charge is 0.343 e. The van der Waals surface area contributed by atoms with Crippen LogP contribution in [0, 0.1) is 0 Å². The van der Waals surface area contributed by atoms with Crippen molar-refractivity contribution in [3.8, 4) is 11.3 Å². The summed E-state index contributed by atoms with van der Waals surface area (Å²) in [5, 5.41) is 2.31. The van der Waals surface area contributed by atoms with Crippen LogP contribution in [-0.4, -0.2) is 28.9 Å². The molecule has 3 heteroatoms. The second kappa shape index (κ2) is 7.93. The topological polar surface area (TPSA) is 33.2 Å². The lowest BCUT2D eigenvalue weighted by Crippen LogP contribution is -2.30. The number of hydrogen-bond acceptors (Lipinski definition) is 2. The van der Waals surface area contributed by atoms with Crippen molar-refractivity contribution in [1.29, 1.82) is 0 Å². The fraction of sp³-hybridized carbons (Fsp3) is 0.273. The highest BCUT2D eigenvalue weighted by molar-refractivity contribution is 5.94. The van der Waals surface area contributed by atoms with Gasteiger partial charge in [-0.15, -0.1) is 0 Å². The molecule has 0 atom stereocenters. The molecule has 0 saturated carbocycles. The Kier molecular flexibility index (Phi) is 5.44. The Morgan fingerprint density at radius 3 is 2.36 bits per heavy atom. The predicted octanol–water partition coefficient (Wildman–Crippen LogP) is 4.70. The van der Waals surface area contributed by atoms with Gasteiger partial charge in [0.15, 0.2) is 0 Å². The van der Waals surface area contributed by atoms with Crippen LogP contribution in [0.25, 0.3) is 22.0 Å². The van der Waals surface area contributed by atoms with E-state index >= 15 is 0 Å². The van der Waals surface area contributed by atoms with Gasteiger partial charge in [0.2, 0.25) is 5.91 Å². The zero-order chi connectivity index (χ0) is 17.6. The molecule has 0 N–H and O–H groups in total. The lowest BCUT2D eigenvalue weighted by atomic mass is 10.0. The van der Waals surface area contributed by atoms with E-state index in [1.165, 1.54) is 5.39 Å². The molecular weight excluding hydrogens is 308 g/mol. The third-order valence-corrected chi connectivity index (χ3v) is 4.55. The molecule has 0 fully saturated rings. The van der Waals surface area contributed by atoms with Crippen molar-refractivity contribution in [3.05, 3.63) is 66.4 Å². The number of rotatable bonds is 6. The molecule has 1 amide bonds. The van der Waals surface area contributed by atoms with Crippen LogP contribution >= 0.6 is 0 Å². The predicted molar refractivity (Wildman–Crippen MR) is 103 cm³/mol. The smallest absolute Gasteiger partial charge is 0.222 e. The van der Waals surface area contributed by atoms with Crippen LogP contribution in [0.15, 0.2) is 60.7 Å². The number of hydrogen-bond donors (Lipinski definition) is 0. The molecule has 0 unspecified atom stereocenters. The lowest BCUT2D eigenvalue weighted by Gasteiger charge is -2.18. The van der Waals surface area contributed by atoms with E-state index in [4.69, 9.17) is 4.98 Å². The summed E-state index contributed by atoms with van der Waals surface area (Å²) in [6.07, 6.45) is 1.17. The maximum Gasteiger partial charge on any atom is 0.222 e. The Balaban J connectivity index is 1.93. The molecule has 25 heavy (non-hydrogen) atoms. The van der Waals surface area contributed by atoms with Gasteiger partial charge in [-0.3, -0.25) is 9.78 Å². The highest BCUT2D eigenvalue weighted by atomic mass is 16.2. The van der Waals surface area contributed by atoms with Crippen molar-refractivity contribution in [2.45, 2.75) is 26.7 Å². The van der Waals surface area contributed by atoms with Crippen LogP contribution in [0.3, 0.4) is 0 Å². The van der Waals surface area contributed by atoms with Gasteiger partial charge in [-0.2, -0.15) is 0 Å². The number of amides is 1. The number of aromatic nitrogens is 1. The van der Waals surface area contributed by atoms with Crippen molar-refractivity contribution in [1.82, 2.24) is 9.88 Å². The average Bonchev–Trinajstić information content (AvgIpc) is 2.67. The highest BCUT2D eigenvalue weighted by Gasteiger charge is 2.12. The number of carbonyl (C=O) groups excluding carboxylic acids is 1. The third kappa shape index (κ3) is 3.87. The van der Waals surface area contributed by atoms with Gasteiger partial charge in [0, 0.05) is 36.2 Å². The molecule has 0 spiro atoms. The maximum atomic E-state index is 12.3. The van der Waals surface area contributed by atoms with Crippen LogP contribution in [0.1, 0.15) is 26.0 Å². The average molecular weight is 332 g/mol. The van der Waals surface area contributed by atoms with Gasteiger partial charge in [-0.05, 0) is 31.7 Å². The van der Waals surface area contributed by atoms with E-state index in [2.05, 4.69) is 30.3 Å². The van der Waals surface area contributed by atoms with Gasteiger partial charge in [-0.25, -0.2) is 0 Å². The van der Waals surface area contributed by atoms with Gasteiger partial charge in [0.1, 0.15) is 0 Å². The van der Waals surface area contributed by atoms with Crippen LogP contribution in [-0.2, 0) is 11.2 Å². The van der Waals surface area contributed by atoms with E-state index in [1.807, 2.05) is 49.1 Å². The maximum absolute atomic E-state index is 12.3. The molecule has 0 aliphatic rings. The molecule has 1 heterocycles.